The van der Waals surface area contributed by atoms with Crippen molar-refractivity contribution < 1.29 is 13.2 Å². The monoisotopic (exact) mass is 280 g/mol. The molecular formula is C11H12BrF3. The summed E-state index contributed by atoms with van der Waals surface area (Å²) in [4.78, 5) is 0.389. The first kappa shape index (κ1) is 12.6. The average Bonchev–Trinajstić information content (AvgIpc) is 2.14. The van der Waals surface area contributed by atoms with Gasteiger partial charge in [-0.25, -0.2) is 0 Å². The molecule has 0 bridgehead atoms. The molecule has 0 aliphatic carbocycles. The van der Waals surface area contributed by atoms with Gasteiger partial charge in [-0.15, -0.1) is 0 Å². The van der Waals surface area contributed by atoms with E-state index in [1.54, 1.807) is 0 Å². The summed E-state index contributed by atoms with van der Waals surface area (Å²) >= 11 is 3.40. The number of hydrogen-bond acceptors (Lipinski definition) is 0. The van der Waals surface area contributed by atoms with E-state index in [1.807, 2.05) is 6.92 Å². The number of rotatable bonds is 3. The first-order valence-electron chi connectivity index (χ1n) is 4.70. The number of halogens is 4. The Kier molecular flexibility index (Phi) is 4.20. The van der Waals surface area contributed by atoms with Gasteiger partial charge in [-0.3, -0.25) is 0 Å². The topological polar surface area (TPSA) is 0 Å². The Balaban J connectivity index is 2.65. The molecule has 0 heterocycles. The molecule has 0 aliphatic rings. The van der Waals surface area contributed by atoms with Gasteiger partial charge in [0.2, 0.25) is 0 Å². The third kappa shape index (κ3) is 4.24. The van der Waals surface area contributed by atoms with Crippen LogP contribution < -0.4 is 0 Å². The van der Waals surface area contributed by atoms with E-state index in [2.05, 4.69) is 15.9 Å². The lowest BCUT2D eigenvalue weighted by atomic mass is 10.1. The minimum absolute atomic E-state index is 0.389. The second kappa shape index (κ2) is 5.01. The third-order valence-corrected chi connectivity index (χ3v) is 2.57. The Hall–Kier alpha value is -0.510. The third-order valence-electron chi connectivity index (χ3n) is 2.11. The lowest BCUT2D eigenvalue weighted by Gasteiger charge is -2.08. The molecule has 0 aliphatic heterocycles. The van der Waals surface area contributed by atoms with Gasteiger partial charge < -0.3 is 0 Å². The molecular weight excluding hydrogens is 269 g/mol. The van der Waals surface area contributed by atoms with Crippen molar-refractivity contribution in [3.8, 4) is 0 Å². The minimum atomic E-state index is -4.23. The number of alkyl halides is 4. The van der Waals surface area contributed by atoms with Crippen molar-refractivity contribution in [2.75, 3.05) is 0 Å². The van der Waals surface area contributed by atoms with Gasteiger partial charge in [-0.2, -0.15) is 13.2 Å². The molecule has 1 unspecified atom stereocenters. The van der Waals surface area contributed by atoms with E-state index in [0.29, 0.717) is 4.83 Å². The van der Waals surface area contributed by atoms with Crippen molar-refractivity contribution in [1.29, 1.82) is 0 Å². The average molecular weight is 281 g/mol. The predicted octanol–water partition coefficient (Wildman–Crippen LogP) is 4.42. The summed E-state index contributed by atoms with van der Waals surface area (Å²) in [6, 6.07) is 5.35. The van der Waals surface area contributed by atoms with Crippen molar-refractivity contribution in [3.63, 3.8) is 0 Å². The van der Waals surface area contributed by atoms with Crippen molar-refractivity contribution in [2.24, 2.45) is 0 Å². The van der Waals surface area contributed by atoms with E-state index in [9.17, 15) is 13.2 Å². The summed E-state index contributed by atoms with van der Waals surface area (Å²) in [7, 11) is 0. The first-order valence-corrected chi connectivity index (χ1v) is 5.61. The summed E-state index contributed by atoms with van der Waals surface area (Å²) in [5, 5.41) is 0. The molecule has 0 nitrogen and oxygen atoms in total. The minimum Gasteiger partial charge on any atom is -0.166 e. The second-order valence-corrected chi connectivity index (χ2v) is 5.08. The van der Waals surface area contributed by atoms with Crippen LogP contribution in [0.1, 0.15) is 24.5 Å². The molecule has 0 saturated carbocycles. The fourth-order valence-electron chi connectivity index (χ4n) is 1.23. The molecule has 4 heteroatoms. The van der Waals surface area contributed by atoms with E-state index >= 15 is 0 Å². The summed E-state index contributed by atoms with van der Waals surface area (Å²) in [5.74, 6) is 0. The van der Waals surface area contributed by atoms with Crippen LogP contribution in [0.15, 0.2) is 24.3 Å². The maximum atomic E-state index is 12.2. The van der Waals surface area contributed by atoms with Crippen molar-refractivity contribution >= 4 is 15.9 Å². The number of benzene rings is 1. The van der Waals surface area contributed by atoms with Crippen LogP contribution in [0.2, 0.25) is 0 Å². The zero-order chi connectivity index (χ0) is 11.5. The summed E-state index contributed by atoms with van der Waals surface area (Å²) in [6.45, 7) is 2.02. The van der Waals surface area contributed by atoms with Crippen LogP contribution in [0.25, 0.3) is 0 Å². The highest BCUT2D eigenvalue weighted by atomic mass is 79.9. The Morgan fingerprint density at radius 3 is 2.13 bits per heavy atom. The van der Waals surface area contributed by atoms with Crippen LogP contribution in [0.3, 0.4) is 0 Å². The molecule has 0 N–H and O–H groups in total. The zero-order valence-corrected chi connectivity index (χ0v) is 9.90. The Labute approximate surface area is 95.6 Å². The van der Waals surface area contributed by atoms with Crippen LogP contribution in [0, 0.1) is 0 Å². The molecule has 0 radical (unpaired) electrons. The van der Waals surface area contributed by atoms with Gasteiger partial charge in [-0.05, 0) is 30.5 Å². The maximum absolute atomic E-state index is 12.2. The zero-order valence-electron chi connectivity index (χ0n) is 8.31. The van der Waals surface area contributed by atoms with E-state index in [-0.39, 0.29) is 0 Å². The first-order chi connectivity index (χ1) is 6.89. The summed E-state index contributed by atoms with van der Waals surface area (Å²) in [5.41, 5.74) is 0.354. The highest BCUT2D eigenvalue weighted by Gasteiger charge is 2.29. The van der Waals surface area contributed by atoms with Gasteiger partial charge in [0.05, 0.1) is 5.56 Å². The van der Waals surface area contributed by atoms with E-state index < -0.39 is 11.7 Å². The van der Waals surface area contributed by atoms with E-state index in [1.165, 1.54) is 12.1 Å². The number of aryl methyl sites for hydroxylation is 1. The molecule has 1 atom stereocenters. The fraction of sp³-hybridized carbons (Fsp3) is 0.455. The molecule has 0 fully saturated rings. The second-order valence-electron chi connectivity index (χ2n) is 3.51. The standard InChI is InChI=1S/C11H12BrF3/c1-8(12)2-3-9-4-6-10(7-5-9)11(13,14)15/h4-8H,2-3H2,1H3. The maximum Gasteiger partial charge on any atom is 0.416 e. The summed E-state index contributed by atoms with van der Waals surface area (Å²) < 4.78 is 36.7. The fourth-order valence-corrected chi connectivity index (χ4v) is 1.45. The van der Waals surface area contributed by atoms with Crippen molar-refractivity contribution in [2.45, 2.75) is 30.8 Å². The van der Waals surface area contributed by atoms with Gasteiger partial charge >= 0.3 is 6.18 Å². The van der Waals surface area contributed by atoms with Crippen molar-refractivity contribution in [1.82, 2.24) is 0 Å². The summed E-state index contributed by atoms with van der Waals surface area (Å²) in [6.07, 6.45) is -2.52. The smallest absolute Gasteiger partial charge is 0.166 e. The van der Waals surface area contributed by atoms with Crippen LogP contribution in [-0.4, -0.2) is 4.83 Å². The normalized spacial score (nSPS) is 13.9. The highest BCUT2D eigenvalue weighted by molar-refractivity contribution is 9.09. The SMILES string of the molecule is CC(Br)CCc1ccc(C(F)(F)F)cc1. The van der Waals surface area contributed by atoms with Gasteiger partial charge in [0.15, 0.2) is 0 Å². The van der Waals surface area contributed by atoms with Gasteiger partial charge in [-0.1, -0.05) is 35.0 Å². The van der Waals surface area contributed by atoms with Gasteiger partial charge in [0, 0.05) is 4.83 Å². The van der Waals surface area contributed by atoms with Gasteiger partial charge in [0.25, 0.3) is 0 Å². The lowest BCUT2D eigenvalue weighted by Crippen LogP contribution is -2.04. The molecule has 84 valence electrons. The largest absolute Gasteiger partial charge is 0.416 e. The van der Waals surface area contributed by atoms with E-state index in [4.69, 9.17) is 0 Å². The molecule has 1 rings (SSSR count). The van der Waals surface area contributed by atoms with E-state index in [0.717, 1.165) is 30.5 Å². The Morgan fingerprint density at radius 1 is 1.20 bits per heavy atom. The molecule has 15 heavy (non-hydrogen) atoms. The number of hydrogen-bond donors (Lipinski definition) is 0. The Bertz CT molecular complexity index is 301. The molecule has 0 saturated heterocycles. The van der Waals surface area contributed by atoms with Crippen LogP contribution in [-0.2, 0) is 12.6 Å². The molecule has 1 aromatic carbocycles. The van der Waals surface area contributed by atoms with Crippen LogP contribution in [0.5, 0.6) is 0 Å². The molecule has 0 spiro atoms. The molecule has 1 aromatic rings. The van der Waals surface area contributed by atoms with Crippen molar-refractivity contribution in [3.05, 3.63) is 35.4 Å². The van der Waals surface area contributed by atoms with Crippen LogP contribution in [0.4, 0.5) is 13.2 Å². The highest BCUT2D eigenvalue weighted by Crippen LogP contribution is 2.29. The van der Waals surface area contributed by atoms with Gasteiger partial charge in [0.1, 0.15) is 0 Å². The Morgan fingerprint density at radius 2 is 1.73 bits per heavy atom. The lowest BCUT2D eigenvalue weighted by molar-refractivity contribution is -0.137. The molecule has 0 aromatic heterocycles. The molecule has 0 amide bonds. The predicted molar refractivity (Wildman–Crippen MR) is 58.2 cm³/mol. The quantitative estimate of drug-likeness (QED) is 0.719. The van der Waals surface area contributed by atoms with Crippen LogP contribution >= 0.6 is 15.9 Å².